The van der Waals surface area contributed by atoms with Crippen LogP contribution in [0.5, 0.6) is 0 Å². The fraction of sp³-hybridized carbons (Fsp3) is 1.00. The summed E-state index contributed by atoms with van der Waals surface area (Å²) in [7, 11) is 0. The molecule has 0 aliphatic carbocycles. The van der Waals surface area contributed by atoms with Gasteiger partial charge in [-0.2, -0.15) is 79.0 Å². The Balaban J connectivity index is 6.40. The maximum absolute atomic E-state index is 13.4. The molecule has 0 radical (unpaired) electrons. The van der Waals surface area contributed by atoms with Crippen LogP contribution in [-0.4, -0.2) is 59.1 Å². The van der Waals surface area contributed by atoms with Crippen LogP contribution in [0.15, 0.2) is 0 Å². The molecule has 1 N–H and O–H groups in total. The highest BCUT2D eigenvalue weighted by Gasteiger charge is 2.87. The Morgan fingerprint density at radius 1 is 0.433 bits per heavy atom. The number of aliphatic hydroxyl groups is 1. The first-order valence-corrected chi connectivity index (χ1v) is 6.65. The molecule has 1 nitrogen and oxygen atoms in total. The third-order valence-electron chi connectivity index (χ3n) is 3.75. The average molecular weight is 496 g/mol. The molecule has 0 fully saturated rings. The molecule has 0 aromatic carbocycles. The van der Waals surface area contributed by atoms with Crippen molar-refractivity contribution < 1.29 is 84.1 Å². The van der Waals surface area contributed by atoms with E-state index in [1.54, 1.807) is 0 Å². The van der Waals surface area contributed by atoms with Gasteiger partial charge in [0.15, 0.2) is 0 Å². The van der Waals surface area contributed by atoms with Crippen molar-refractivity contribution in [2.45, 2.75) is 60.9 Å². The van der Waals surface area contributed by atoms with Crippen molar-refractivity contribution in [3.05, 3.63) is 0 Å². The van der Waals surface area contributed by atoms with E-state index in [0.29, 0.717) is 0 Å². The summed E-state index contributed by atoms with van der Waals surface area (Å²) in [6.45, 7) is -0.985. The summed E-state index contributed by atoms with van der Waals surface area (Å²) >= 11 is 0. The molecule has 2 atom stereocenters. The van der Waals surface area contributed by atoms with E-state index < -0.39 is 66.8 Å². The zero-order chi connectivity index (χ0) is 25.2. The normalized spacial score (nSPS) is 18.4. The molecule has 0 aromatic rings. The second-order valence-corrected chi connectivity index (χ2v) is 5.77. The summed E-state index contributed by atoms with van der Waals surface area (Å²) in [4.78, 5) is 0. The molecule has 0 amide bonds. The minimum absolute atomic E-state index is 0.985. The van der Waals surface area contributed by atoms with Crippen LogP contribution in [0.25, 0.3) is 0 Å². The van der Waals surface area contributed by atoms with Gasteiger partial charge in [0.1, 0.15) is 6.10 Å². The highest BCUT2D eigenvalue weighted by molar-refractivity contribution is 5.09. The molecular weight excluding hydrogens is 490 g/mol. The van der Waals surface area contributed by atoms with Crippen molar-refractivity contribution in [3.8, 4) is 0 Å². The number of aliphatic hydroxyl groups excluding tert-OH is 1. The fourth-order valence-electron chi connectivity index (χ4n) is 1.76. The van der Waals surface area contributed by atoms with E-state index in [1.165, 1.54) is 0 Å². The summed E-state index contributed by atoms with van der Waals surface area (Å²) in [5, 5.41) is 8.71. The topological polar surface area (TPSA) is 20.2 Å². The lowest BCUT2D eigenvalue weighted by Crippen LogP contribution is -2.69. The van der Waals surface area contributed by atoms with Crippen LogP contribution in [-0.2, 0) is 0 Å². The number of alkyl halides is 18. The predicted octanol–water partition coefficient (Wildman–Crippen LogP) is 5.92. The molecular formula is C11H6F18O. The number of hydrogen-bond donors (Lipinski definition) is 1. The Bertz CT molecular complexity index is 559. The lowest BCUT2D eigenvalue weighted by atomic mass is 9.83. The van der Waals surface area contributed by atoms with Crippen molar-refractivity contribution in [2.75, 3.05) is 0 Å². The summed E-state index contributed by atoms with van der Waals surface area (Å²) in [6, 6.07) is 0. The van der Waals surface area contributed by atoms with Crippen LogP contribution in [0, 0.1) is 5.92 Å². The van der Waals surface area contributed by atoms with Gasteiger partial charge in [-0.15, -0.1) is 0 Å². The molecule has 0 bridgehead atoms. The molecule has 0 saturated carbocycles. The summed E-state index contributed by atoms with van der Waals surface area (Å²) in [5.41, 5.74) is 0. The largest absolute Gasteiger partial charge is 0.460 e. The Hall–Kier alpha value is -1.30. The molecule has 0 spiro atoms. The Morgan fingerprint density at radius 3 is 0.900 bits per heavy atom. The minimum Gasteiger partial charge on any atom is -0.386 e. The van der Waals surface area contributed by atoms with Gasteiger partial charge in [-0.3, -0.25) is 0 Å². The van der Waals surface area contributed by atoms with E-state index in [4.69, 9.17) is 5.11 Å². The van der Waals surface area contributed by atoms with Gasteiger partial charge in [0.2, 0.25) is 0 Å². The first kappa shape index (κ1) is 28.7. The third kappa shape index (κ3) is 3.74. The van der Waals surface area contributed by atoms with Gasteiger partial charge in [-0.25, -0.2) is 0 Å². The van der Waals surface area contributed by atoms with Crippen molar-refractivity contribution >= 4 is 0 Å². The van der Waals surface area contributed by atoms with Crippen LogP contribution < -0.4 is 0 Å². The van der Waals surface area contributed by atoms with Gasteiger partial charge in [0.25, 0.3) is 0 Å². The third-order valence-corrected chi connectivity index (χ3v) is 3.75. The second-order valence-electron chi connectivity index (χ2n) is 5.77. The summed E-state index contributed by atoms with van der Waals surface area (Å²) in [6.07, 6.45) is -20.4. The van der Waals surface area contributed by atoms with Crippen LogP contribution in [0.1, 0.15) is 6.92 Å². The van der Waals surface area contributed by atoms with Crippen molar-refractivity contribution in [2.24, 2.45) is 5.92 Å². The van der Waals surface area contributed by atoms with E-state index in [-0.39, 0.29) is 0 Å². The lowest BCUT2D eigenvalue weighted by Gasteiger charge is -2.41. The van der Waals surface area contributed by atoms with E-state index in [0.717, 1.165) is 0 Å². The maximum atomic E-state index is 13.4. The van der Waals surface area contributed by atoms with Crippen LogP contribution in [0.4, 0.5) is 79.0 Å². The molecule has 19 heteroatoms. The smallest absolute Gasteiger partial charge is 0.386 e. The number of hydrogen-bond acceptors (Lipinski definition) is 1. The molecule has 0 aliphatic heterocycles. The van der Waals surface area contributed by atoms with Crippen LogP contribution in [0.2, 0.25) is 0 Å². The van der Waals surface area contributed by atoms with E-state index in [2.05, 4.69) is 0 Å². The van der Waals surface area contributed by atoms with E-state index in [9.17, 15) is 79.0 Å². The first-order valence-electron chi connectivity index (χ1n) is 6.65. The number of rotatable bonds is 7. The summed E-state index contributed by atoms with van der Waals surface area (Å²) in [5.74, 6) is -50.6. The second kappa shape index (κ2) is 7.11. The highest BCUT2D eigenvalue weighted by atomic mass is 19.4. The predicted molar refractivity (Wildman–Crippen MR) is 57.0 cm³/mol. The Morgan fingerprint density at radius 2 is 0.667 bits per heavy atom. The van der Waals surface area contributed by atoms with Gasteiger partial charge < -0.3 is 5.11 Å². The van der Waals surface area contributed by atoms with Crippen LogP contribution >= 0.6 is 0 Å². The monoisotopic (exact) mass is 496 g/mol. The van der Waals surface area contributed by atoms with Crippen molar-refractivity contribution in [1.82, 2.24) is 0 Å². The molecule has 2 unspecified atom stereocenters. The lowest BCUT2D eigenvalue weighted by molar-refractivity contribution is -0.423. The molecule has 30 heavy (non-hydrogen) atoms. The minimum atomic E-state index is -7.84. The Kier molecular flexibility index (Phi) is 6.80. The molecule has 0 saturated heterocycles. The maximum Gasteiger partial charge on any atom is 0.460 e. The van der Waals surface area contributed by atoms with Gasteiger partial charge in [-0.1, -0.05) is 6.92 Å². The number of halogens is 18. The van der Waals surface area contributed by atoms with Crippen LogP contribution in [0.3, 0.4) is 0 Å². The molecule has 0 aromatic heterocycles. The zero-order valence-electron chi connectivity index (χ0n) is 13.4. The van der Waals surface area contributed by atoms with Gasteiger partial charge in [0, 0.05) is 0 Å². The van der Waals surface area contributed by atoms with Gasteiger partial charge in [0.05, 0.1) is 5.92 Å². The molecule has 0 heterocycles. The SMILES string of the molecule is CC(C(O)C(F)(F)C(F)(F)C(F)(F)C(F)(F)F)C(F)(F)C(F)(F)C(F)(F)C(F)(F)F. The Labute approximate surface area is 152 Å². The van der Waals surface area contributed by atoms with E-state index >= 15 is 0 Å². The summed E-state index contributed by atoms with van der Waals surface area (Å²) < 4.78 is 228. The standard InChI is InChI=1S/C11H6F18O/c1-2(4(12,13)6(16,17)8(20,21)10(24,25)26)3(30)5(14,15)7(18,19)9(22,23)11(27,28)29/h2-3,30H,1H3. The zero-order valence-corrected chi connectivity index (χ0v) is 13.4. The molecule has 182 valence electrons. The van der Waals surface area contributed by atoms with E-state index in [1.807, 2.05) is 0 Å². The fourth-order valence-corrected chi connectivity index (χ4v) is 1.76. The molecule has 0 rings (SSSR count). The van der Waals surface area contributed by atoms with Gasteiger partial charge in [-0.05, 0) is 0 Å². The first-order chi connectivity index (χ1) is 12.6. The van der Waals surface area contributed by atoms with Crippen molar-refractivity contribution in [1.29, 1.82) is 0 Å². The van der Waals surface area contributed by atoms with Gasteiger partial charge >= 0.3 is 47.9 Å². The quantitative estimate of drug-likeness (QED) is 0.434. The average Bonchev–Trinajstić information content (AvgIpc) is 2.50. The highest BCUT2D eigenvalue weighted by Crippen LogP contribution is 2.59. The van der Waals surface area contributed by atoms with Crippen molar-refractivity contribution in [3.63, 3.8) is 0 Å². The molecule has 0 aliphatic rings.